The summed E-state index contributed by atoms with van der Waals surface area (Å²) in [6, 6.07) is 11.5. The third-order valence-corrected chi connectivity index (χ3v) is 5.12. The fourth-order valence-corrected chi connectivity index (χ4v) is 3.78. The molecule has 4 aromatic rings. The first-order valence-corrected chi connectivity index (χ1v) is 9.15. The van der Waals surface area contributed by atoms with E-state index in [0.717, 1.165) is 4.90 Å². The number of para-hydroxylation sites is 3. The number of aryl methyl sites for hydroxylation is 1. The molecule has 0 radical (unpaired) electrons. The number of rotatable bonds is 3. The molecule has 1 aliphatic rings. The first-order valence-electron chi connectivity index (χ1n) is 9.15. The number of imide groups is 1. The van der Waals surface area contributed by atoms with Gasteiger partial charge in [-0.2, -0.15) is 5.10 Å². The molecule has 0 fully saturated rings. The molecule has 0 N–H and O–H groups in total. The summed E-state index contributed by atoms with van der Waals surface area (Å²) in [5, 5.41) is 16.0. The topological polar surface area (TPSA) is 111 Å². The first-order chi connectivity index (χ1) is 14.9. The Bertz CT molecular complexity index is 1450. The van der Waals surface area contributed by atoms with Crippen molar-refractivity contribution >= 4 is 34.2 Å². The van der Waals surface area contributed by atoms with Gasteiger partial charge in [0.15, 0.2) is 5.65 Å². The summed E-state index contributed by atoms with van der Waals surface area (Å²) in [6.07, 6.45) is 1.21. The minimum absolute atomic E-state index is 0.00633. The molecule has 0 saturated carbocycles. The summed E-state index contributed by atoms with van der Waals surface area (Å²) < 4.78 is 15.6. The van der Waals surface area contributed by atoms with Crippen molar-refractivity contribution in [2.24, 2.45) is 0 Å². The third-order valence-electron chi connectivity index (χ3n) is 5.12. The SMILES string of the molecule is Cc1nn(-c2ccccc2F)c2ncc3c(c12)C(=O)N(c1ccccc1[N+](=O)[O-])C3=O. The number of aromatic nitrogens is 3. The first kappa shape index (κ1) is 18.6. The van der Waals surface area contributed by atoms with Gasteiger partial charge < -0.3 is 0 Å². The van der Waals surface area contributed by atoms with E-state index in [1.54, 1.807) is 13.0 Å². The third kappa shape index (κ3) is 2.54. The van der Waals surface area contributed by atoms with Crippen LogP contribution in [0.2, 0.25) is 0 Å². The Hall–Kier alpha value is -4.47. The second kappa shape index (κ2) is 6.52. The molecule has 5 rings (SSSR count). The zero-order valence-electron chi connectivity index (χ0n) is 15.9. The highest BCUT2D eigenvalue weighted by atomic mass is 19.1. The molecule has 152 valence electrons. The standard InChI is InChI=1S/C21H12FN5O4/c1-11-17-18-12(10-23-19(17)26(24-11)14-7-3-2-6-13(14)22)20(28)25(21(18)29)15-8-4-5-9-16(15)27(30)31/h2-10H,1H3. The molecule has 0 saturated heterocycles. The maximum Gasteiger partial charge on any atom is 0.293 e. The monoisotopic (exact) mass is 417 g/mol. The van der Waals surface area contributed by atoms with Crippen molar-refractivity contribution in [3.63, 3.8) is 0 Å². The van der Waals surface area contributed by atoms with Gasteiger partial charge >= 0.3 is 0 Å². The molecular formula is C21H12FN5O4. The number of halogens is 1. The lowest BCUT2D eigenvalue weighted by molar-refractivity contribution is -0.384. The molecule has 0 spiro atoms. The summed E-state index contributed by atoms with van der Waals surface area (Å²) >= 11 is 0. The van der Waals surface area contributed by atoms with Gasteiger partial charge in [0.1, 0.15) is 17.2 Å². The minimum Gasteiger partial charge on any atom is -0.268 e. The highest BCUT2D eigenvalue weighted by Crippen LogP contribution is 2.37. The molecule has 10 heteroatoms. The van der Waals surface area contributed by atoms with E-state index >= 15 is 0 Å². The number of anilines is 1. The Kier molecular flexibility index (Phi) is 3.90. The van der Waals surface area contributed by atoms with Gasteiger partial charge in [0.25, 0.3) is 17.5 Å². The number of carbonyl (C=O) groups is 2. The number of nitro groups is 1. The highest BCUT2D eigenvalue weighted by molar-refractivity contribution is 6.38. The molecule has 3 heterocycles. The van der Waals surface area contributed by atoms with Crippen LogP contribution in [0.25, 0.3) is 16.7 Å². The number of carbonyl (C=O) groups excluding carboxylic acids is 2. The van der Waals surface area contributed by atoms with Crippen molar-refractivity contribution < 1.29 is 18.9 Å². The molecule has 0 bridgehead atoms. The van der Waals surface area contributed by atoms with Crippen molar-refractivity contribution in [3.8, 4) is 5.69 Å². The van der Waals surface area contributed by atoms with Gasteiger partial charge in [-0.3, -0.25) is 19.7 Å². The van der Waals surface area contributed by atoms with Gasteiger partial charge in [-0.05, 0) is 25.1 Å². The van der Waals surface area contributed by atoms with Crippen LogP contribution in [0.1, 0.15) is 26.4 Å². The van der Waals surface area contributed by atoms with Crippen molar-refractivity contribution in [2.45, 2.75) is 6.92 Å². The molecule has 2 amide bonds. The van der Waals surface area contributed by atoms with E-state index < -0.39 is 22.6 Å². The largest absolute Gasteiger partial charge is 0.293 e. The van der Waals surface area contributed by atoms with E-state index in [2.05, 4.69) is 10.1 Å². The van der Waals surface area contributed by atoms with Crippen molar-refractivity contribution in [1.29, 1.82) is 0 Å². The molecule has 0 aliphatic carbocycles. The van der Waals surface area contributed by atoms with E-state index in [1.165, 1.54) is 53.3 Å². The molecule has 0 unspecified atom stereocenters. The van der Waals surface area contributed by atoms with Crippen LogP contribution in [-0.2, 0) is 0 Å². The van der Waals surface area contributed by atoms with Gasteiger partial charge in [0, 0.05) is 12.3 Å². The molecular weight excluding hydrogens is 405 g/mol. The summed E-state index contributed by atoms with van der Waals surface area (Å²) in [6.45, 7) is 1.62. The highest BCUT2D eigenvalue weighted by Gasteiger charge is 2.42. The van der Waals surface area contributed by atoms with E-state index in [1.807, 2.05) is 0 Å². The normalized spacial score (nSPS) is 13.2. The van der Waals surface area contributed by atoms with Gasteiger partial charge in [0.2, 0.25) is 0 Å². The predicted molar refractivity (Wildman–Crippen MR) is 108 cm³/mol. The van der Waals surface area contributed by atoms with Crippen LogP contribution >= 0.6 is 0 Å². The lowest BCUT2D eigenvalue weighted by Crippen LogP contribution is -2.30. The van der Waals surface area contributed by atoms with E-state index in [0.29, 0.717) is 11.1 Å². The zero-order valence-corrected chi connectivity index (χ0v) is 15.9. The lowest BCUT2D eigenvalue weighted by atomic mass is 10.1. The quantitative estimate of drug-likeness (QED) is 0.286. The Morgan fingerprint density at radius 1 is 1.00 bits per heavy atom. The smallest absolute Gasteiger partial charge is 0.268 e. The molecule has 2 aromatic carbocycles. The summed E-state index contributed by atoms with van der Waals surface area (Å²) in [4.78, 5) is 42.1. The van der Waals surface area contributed by atoms with Gasteiger partial charge in [-0.25, -0.2) is 19.0 Å². The second-order valence-electron chi connectivity index (χ2n) is 6.89. The summed E-state index contributed by atoms with van der Waals surface area (Å²) in [7, 11) is 0. The second-order valence-corrected chi connectivity index (χ2v) is 6.89. The number of pyridine rings is 1. The summed E-state index contributed by atoms with van der Waals surface area (Å²) in [5.41, 5.74) is 0.242. The summed E-state index contributed by atoms with van der Waals surface area (Å²) in [5.74, 6) is -1.97. The van der Waals surface area contributed by atoms with Crippen LogP contribution in [0.3, 0.4) is 0 Å². The molecule has 0 atom stereocenters. The van der Waals surface area contributed by atoms with Gasteiger partial charge in [-0.15, -0.1) is 0 Å². The van der Waals surface area contributed by atoms with Crippen LogP contribution in [0, 0.1) is 22.9 Å². The van der Waals surface area contributed by atoms with Gasteiger partial charge in [0.05, 0.1) is 27.1 Å². The Labute approximate surface area is 173 Å². The predicted octanol–water partition coefficient (Wildman–Crippen LogP) is 3.58. The Balaban J connectivity index is 1.74. The van der Waals surface area contributed by atoms with Gasteiger partial charge in [-0.1, -0.05) is 24.3 Å². The van der Waals surface area contributed by atoms with E-state index in [4.69, 9.17) is 0 Å². The molecule has 31 heavy (non-hydrogen) atoms. The minimum atomic E-state index is -0.724. The number of hydrogen-bond donors (Lipinski definition) is 0. The number of amides is 2. The maximum atomic E-state index is 14.3. The zero-order chi connectivity index (χ0) is 21.9. The van der Waals surface area contributed by atoms with Crippen LogP contribution in [0.5, 0.6) is 0 Å². The van der Waals surface area contributed by atoms with Crippen molar-refractivity contribution in [1.82, 2.24) is 14.8 Å². The number of benzene rings is 2. The van der Waals surface area contributed by atoms with Crippen molar-refractivity contribution in [3.05, 3.63) is 87.5 Å². The fourth-order valence-electron chi connectivity index (χ4n) is 3.78. The Morgan fingerprint density at radius 2 is 1.68 bits per heavy atom. The average Bonchev–Trinajstić information content (AvgIpc) is 3.22. The number of nitro benzene ring substituents is 1. The average molecular weight is 417 g/mol. The van der Waals surface area contributed by atoms with Crippen LogP contribution in [0.4, 0.5) is 15.8 Å². The lowest BCUT2D eigenvalue weighted by Gasteiger charge is -2.13. The fraction of sp³-hybridized carbons (Fsp3) is 0.0476. The maximum absolute atomic E-state index is 14.3. The number of hydrogen-bond acceptors (Lipinski definition) is 6. The van der Waals surface area contributed by atoms with Crippen molar-refractivity contribution in [2.75, 3.05) is 4.90 Å². The van der Waals surface area contributed by atoms with E-state index in [9.17, 15) is 24.1 Å². The molecule has 9 nitrogen and oxygen atoms in total. The Morgan fingerprint density at radius 3 is 2.39 bits per heavy atom. The van der Waals surface area contributed by atoms with E-state index in [-0.39, 0.29) is 33.8 Å². The number of nitrogens with zero attached hydrogens (tertiary/aromatic N) is 5. The molecule has 1 aliphatic heterocycles. The number of fused-ring (bicyclic) bond motifs is 3. The van der Waals surface area contributed by atoms with Crippen LogP contribution in [-0.4, -0.2) is 31.5 Å². The molecule has 2 aromatic heterocycles. The van der Waals surface area contributed by atoms with Crippen LogP contribution in [0.15, 0.2) is 54.7 Å². The van der Waals surface area contributed by atoms with Crippen LogP contribution < -0.4 is 4.90 Å².